The van der Waals surface area contributed by atoms with Gasteiger partial charge in [-0.2, -0.15) is 4.68 Å². The molecule has 0 spiro atoms. The minimum absolute atomic E-state index is 0.305. The van der Waals surface area contributed by atoms with E-state index in [1.54, 1.807) is 4.68 Å². The van der Waals surface area contributed by atoms with Gasteiger partial charge in [0.05, 0.1) is 12.2 Å². The number of hydrogen-bond donors (Lipinski definition) is 0. The second-order valence-electron chi connectivity index (χ2n) is 5.46. The Morgan fingerprint density at radius 1 is 1.09 bits per heavy atom. The quantitative estimate of drug-likeness (QED) is 0.700. The van der Waals surface area contributed by atoms with Crippen molar-refractivity contribution in [1.29, 1.82) is 0 Å². The molecule has 1 atom stereocenters. The first-order chi connectivity index (χ1) is 11.3. The van der Waals surface area contributed by atoms with Crippen LogP contribution in [-0.2, 0) is 6.54 Å². The van der Waals surface area contributed by atoms with Crippen LogP contribution >= 0.6 is 0 Å². The fourth-order valence-corrected chi connectivity index (χ4v) is 2.79. The maximum Gasteiger partial charge on any atom is 0.170 e. The number of pyridine rings is 1. The number of benzene rings is 1. The standard InChI is InChI=1S/C17H20N6/c1-3-16(14-9-11-18-12-10-14)22(2)13-17-19-20-21-23(17)15-7-5-4-6-8-15/h4-12,16H,3,13H2,1-2H3. The van der Waals surface area contributed by atoms with Crippen LogP contribution in [0, 0.1) is 0 Å². The molecule has 2 heterocycles. The summed E-state index contributed by atoms with van der Waals surface area (Å²) in [4.78, 5) is 6.36. The van der Waals surface area contributed by atoms with Crippen molar-refractivity contribution in [1.82, 2.24) is 30.1 Å². The third kappa shape index (κ3) is 3.43. The molecule has 3 rings (SSSR count). The number of tetrazole rings is 1. The van der Waals surface area contributed by atoms with Gasteiger partial charge in [0, 0.05) is 18.4 Å². The largest absolute Gasteiger partial charge is 0.292 e. The van der Waals surface area contributed by atoms with E-state index >= 15 is 0 Å². The highest BCUT2D eigenvalue weighted by Crippen LogP contribution is 2.23. The zero-order chi connectivity index (χ0) is 16.1. The normalized spacial score (nSPS) is 12.5. The van der Waals surface area contributed by atoms with E-state index in [1.807, 2.05) is 42.7 Å². The lowest BCUT2D eigenvalue weighted by atomic mass is 10.0. The number of para-hydroxylation sites is 1. The number of aromatic nitrogens is 5. The minimum atomic E-state index is 0.305. The van der Waals surface area contributed by atoms with Gasteiger partial charge in [0.1, 0.15) is 0 Å². The Hall–Kier alpha value is -2.60. The Kier molecular flexibility index (Phi) is 4.73. The van der Waals surface area contributed by atoms with E-state index in [0.717, 1.165) is 17.9 Å². The van der Waals surface area contributed by atoms with Crippen molar-refractivity contribution in [2.75, 3.05) is 7.05 Å². The molecule has 0 amide bonds. The zero-order valence-corrected chi connectivity index (χ0v) is 13.4. The predicted octanol–water partition coefficient (Wildman–Crippen LogP) is 2.64. The molecule has 0 radical (unpaired) electrons. The Labute approximate surface area is 135 Å². The SMILES string of the molecule is CCC(c1ccncc1)N(C)Cc1nnnn1-c1ccccc1. The van der Waals surface area contributed by atoms with Gasteiger partial charge < -0.3 is 0 Å². The molecule has 0 aliphatic carbocycles. The van der Waals surface area contributed by atoms with Crippen molar-refractivity contribution in [2.24, 2.45) is 0 Å². The zero-order valence-electron chi connectivity index (χ0n) is 13.4. The van der Waals surface area contributed by atoms with Crippen molar-refractivity contribution < 1.29 is 0 Å². The first-order valence-corrected chi connectivity index (χ1v) is 7.72. The Morgan fingerprint density at radius 3 is 2.52 bits per heavy atom. The summed E-state index contributed by atoms with van der Waals surface area (Å²) < 4.78 is 1.79. The van der Waals surface area contributed by atoms with E-state index in [4.69, 9.17) is 0 Å². The van der Waals surface area contributed by atoms with Gasteiger partial charge in [-0.25, -0.2) is 0 Å². The van der Waals surface area contributed by atoms with Crippen molar-refractivity contribution in [3.8, 4) is 5.69 Å². The Balaban J connectivity index is 1.81. The van der Waals surface area contributed by atoms with Crippen molar-refractivity contribution >= 4 is 0 Å². The van der Waals surface area contributed by atoms with E-state index < -0.39 is 0 Å². The summed E-state index contributed by atoms with van der Waals surface area (Å²) in [6.07, 6.45) is 4.67. The van der Waals surface area contributed by atoms with Crippen LogP contribution in [0.1, 0.15) is 30.8 Å². The summed E-state index contributed by atoms with van der Waals surface area (Å²) in [6.45, 7) is 2.85. The fraction of sp³-hybridized carbons (Fsp3) is 0.294. The molecule has 1 unspecified atom stereocenters. The van der Waals surface area contributed by atoms with E-state index in [-0.39, 0.29) is 0 Å². The summed E-state index contributed by atoms with van der Waals surface area (Å²) in [5.41, 5.74) is 2.22. The molecule has 3 aromatic rings. The molecule has 2 aromatic heterocycles. The molecule has 0 N–H and O–H groups in total. The lowest BCUT2D eigenvalue weighted by Crippen LogP contribution is -2.25. The van der Waals surface area contributed by atoms with Gasteiger partial charge in [-0.1, -0.05) is 25.1 Å². The molecule has 0 aliphatic heterocycles. The van der Waals surface area contributed by atoms with Gasteiger partial charge >= 0.3 is 0 Å². The molecule has 6 nitrogen and oxygen atoms in total. The number of nitrogens with zero attached hydrogens (tertiary/aromatic N) is 6. The molecule has 1 aromatic carbocycles. The first-order valence-electron chi connectivity index (χ1n) is 7.72. The van der Waals surface area contributed by atoms with Crippen LogP contribution in [0.25, 0.3) is 5.69 Å². The highest BCUT2D eigenvalue weighted by Gasteiger charge is 2.18. The van der Waals surface area contributed by atoms with Crippen LogP contribution < -0.4 is 0 Å². The lowest BCUT2D eigenvalue weighted by molar-refractivity contribution is 0.223. The third-order valence-electron chi connectivity index (χ3n) is 3.94. The Bertz CT molecular complexity index is 725. The van der Waals surface area contributed by atoms with E-state index in [1.165, 1.54) is 5.56 Å². The molecule has 0 bridgehead atoms. The molecule has 0 saturated heterocycles. The van der Waals surface area contributed by atoms with Crippen LogP contribution in [0.3, 0.4) is 0 Å². The second-order valence-corrected chi connectivity index (χ2v) is 5.46. The smallest absolute Gasteiger partial charge is 0.170 e. The topological polar surface area (TPSA) is 59.7 Å². The molecular formula is C17H20N6. The van der Waals surface area contributed by atoms with Gasteiger partial charge in [0.25, 0.3) is 0 Å². The molecule has 23 heavy (non-hydrogen) atoms. The molecule has 118 valence electrons. The second kappa shape index (κ2) is 7.11. The van der Waals surface area contributed by atoms with Gasteiger partial charge in [0.15, 0.2) is 5.82 Å². The summed E-state index contributed by atoms with van der Waals surface area (Å²) in [5, 5.41) is 12.1. The highest BCUT2D eigenvalue weighted by atomic mass is 15.5. The van der Waals surface area contributed by atoms with Crippen molar-refractivity contribution in [3.05, 3.63) is 66.2 Å². The monoisotopic (exact) mass is 308 g/mol. The van der Waals surface area contributed by atoms with Crippen LogP contribution in [0.4, 0.5) is 0 Å². The lowest BCUT2D eigenvalue weighted by Gasteiger charge is -2.26. The summed E-state index contributed by atoms with van der Waals surface area (Å²) in [5.74, 6) is 0.825. The molecule has 6 heteroatoms. The van der Waals surface area contributed by atoms with E-state index in [0.29, 0.717) is 12.6 Å². The minimum Gasteiger partial charge on any atom is -0.292 e. The highest BCUT2D eigenvalue weighted by molar-refractivity contribution is 5.30. The van der Waals surface area contributed by atoms with Gasteiger partial charge in [-0.05, 0) is 53.7 Å². The summed E-state index contributed by atoms with van der Waals surface area (Å²) >= 11 is 0. The van der Waals surface area contributed by atoms with E-state index in [2.05, 4.69) is 51.5 Å². The van der Waals surface area contributed by atoms with Crippen LogP contribution in [-0.4, -0.2) is 37.1 Å². The number of hydrogen-bond acceptors (Lipinski definition) is 5. The average Bonchev–Trinajstić information content (AvgIpc) is 3.05. The van der Waals surface area contributed by atoms with Crippen LogP contribution in [0.15, 0.2) is 54.9 Å². The predicted molar refractivity (Wildman–Crippen MR) is 87.9 cm³/mol. The van der Waals surface area contributed by atoms with Crippen molar-refractivity contribution in [2.45, 2.75) is 25.9 Å². The van der Waals surface area contributed by atoms with Gasteiger partial charge in [-0.15, -0.1) is 5.10 Å². The van der Waals surface area contributed by atoms with Gasteiger partial charge in [0.2, 0.25) is 0 Å². The van der Waals surface area contributed by atoms with Crippen molar-refractivity contribution in [3.63, 3.8) is 0 Å². The molecule has 0 fully saturated rings. The summed E-state index contributed by atoms with van der Waals surface area (Å²) in [6, 6.07) is 14.4. The maximum atomic E-state index is 4.19. The van der Waals surface area contributed by atoms with Crippen LogP contribution in [0.2, 0.25) is 0 Å². The molecular weight excluding hydrogens is 288 g/mol. The first kappa shape index (κ1) is 15.3. The molecule has 0 aliphatic rings. The average molecular weight is 308 g/mol. The maximum absolute atomic E-state index is 4.19. The summed E-state index contributed by atoms with van der Waals surface area (Å²) in [7, 11) is 2.10. The Morgan fingerprint density at radius 2 is 1.83 bits per heavy atom. The molecule has 0 saturated carbocycles. The van der Waals surface area contributed by atoms with E-state index in [9.17, 15) is 0 Å². The number of rotatable bonds is 6. The van der Waals surface area contributed by atoms with Crippen LogP contribution in [0.5, 0.6) is 0 Å². The van der Waals surface area contributed by atoms with Gasteiger partial charge in [-0.3, -0.25) is 9.88 Å². The third-order valence-corrected chi connectivity index (χ3v) is 3.94. The fourth-order valence-electron chi connectivity index (χ4n) is 2.79.